The summed E-state index contributed by atoms with van der Waals surface area (Å²) in [6.07, 6.45) is 8.21. The molecule has 0 saturated heterocycles. The first-order valence-corrected chi connectivity index (χ1v) is 9.73. The van der Waals surface area contributed by atoms with Gasteiger partial charge in [-0.05, 0) is 72.7 Å². The third kappa shape index (κ3) is 4.74. The summed E-state index contributed by atoms with van der Waals surface area (Å²) < 4.78 is 0. The number of pyridine rings is 1. The lowest BCUT2D eigenvalue weighted by molar-refractivity contribution is 0.444. The van der Waals surface area contributed by atoms with Gasteiger partial charge in [-0.15, -0.1) is 11.8 Å². The van der Waals surface area contributed by atoms with Gasteiger partial charge < -0.3 is 5.32 Å². The van der Waals surface area contributed by atoms with Crippen LogP contribution in [0.25, 0.3) is 0 Å². The van der Waals surface area contributed by atoms with E-state index in [1.807, 2.05) is 36.2 Å². The van der Waals surface area contributed by atoms with E-state index >= 15 is 0 Å². The van der Waals surface area contributed by atoms with Crippen molar-refractivity contribution >= 4 is 17.6 Å². The Morgan fingerprint density at radius 3 is 3.00 bits per heavy atom. The molecule has 1 aromatic heterocycles. The molecule has 0 amide bonds. The van der Waals surface area contributed by atoms with Crippen LogP contribution in [0.2, 0.25) is 0 Å². The average Bonchev–Trinajstić information content (AvgIpc) is 2.62. The lowest BCUT2D eigenvalue weighted by Crippen LogP contribution is -2.13. The molecule has 1 aliphatic rings. The van der Waals surface area contributed by atoms with E-state index in [4.69, 9.17) is 0 Å². The number of fused-ring (bicyclic) bond motifs is 1. The Bertz CT molecular complexity index is 612. The number of benzene rings is 1. The molecule has 2 nitrogen and oxygen atoms in total. The zero-order chi connectivity index (χ0) is 15.9. The summed E-state index contributed by atoms with van der Waals surface area (Å²) in [6, 6.07) is 13.1. The molecule has 122 valence electrons. The Labute approximate surface area is 144 Å². The van der Waals surface area contributed by atoms with Crippen molar-refractivity contribution in [1.82, 2.24) is 4.98 Å². The van der Waals surface area contributed by atoms with Gasteiger partial charge in [0.25, 0.3) is 0 Å². The molecule has 0 bridgehead atoms. The number of nitrogens with one attached hydrogen (secondary N) is 1. The van der Waals surface area contributed by atoms with Crippen LogP contribution >= 0.6 is 11.8 Å². The Morgan fingerprint density at radius 1 is 1.22 bits per heavy atom. The third-order valence-corrected chi connectivity index (χ3v) is 5.73. The molecule has 1 N–H and O–H groups in total. The minimum Gasteiger partial charge on any atom is -0.370 e. The van der Waals surface area contributed by atoms with E-state index in [0.717, 1.165) is 30.5 Å². The largest absolute Gasteiger partial charge is 0.370 e. The Kier molecular flexibility index (Phi) is 5.98. The van der Waals surface area contributed by atoms with E-state index in [9.17, 15) is 0 Å². The molecule has 1 heterocycles. The van der Waals surface area contributed by atoms with E-state index in [2.05, 4.69) is 35.4 Å². The van der Waals surface area contributed by atoms with Crippen LogP contribution in [-0.4, -0.2) is 17.3 Å². The fourth-order valence-electron chi connectivity index (χ4n) is 3.19. The molecule has 0 fully saturated rings. The van der Waals surface area contributed by atoms with Crippen molar-refractivity contribution in [2.75, 3.05) is 17.6 Å². The van der Waals surface area contributed by atoms with Crippen molar-refractivity contribution in [3.8, 4) is 0 Å². The van der Waals surface area contributed by atoms with Gasteiger partial charge in [0.15, 0.2) is 0 Å². The first-order chi connectivity index (χ1) is 11.3. The molecule has 0 saturated carbocycles. The normalized spacial score (nSPS) is 16.8. The van der Waals surface area contributed by atoms with Crippen LogP contribution in [0.15, 0.2) is 47.5 Å². The van der Waals surface area contributed by atoms with Crippen LogP contribution in [-0.2, 0) is 12.8 Å². The summed E-state index contributed by atoms with van der Waals surface area (Å²) >= 11 is 1.97. The van der Waals surface area contributed by atoms with Gasteiger partial charge in [0.2, 0.25) is 0 Å². The molecule has 23 heavy (non-hydrogen) atoms. The molecule has 3 rings (SSSR count). The Morgan fingerprint density at radius 2 is 2.17 bits per heavy atom. The number of anilines is 1. The first kappa shape index (κ1) is 16.4. The molecule has 2 aromatic rings. The van der Waals surface area contributed by atoms with Gasteiger partial charge in [0.05, 0.1) is 0 Å². The second-order valence-corrected chi connectivity index (χ2v) is 7.46. The van der Waals surface area contributed by atoms with E-state index in [-0.39, 0.29) is 0 Å². The maximum Gasteiger partial charge on any atom is 0.125 e. The Balaban J connectivity index is 1.42. The van der Waals surface area contributed by atoms with Crippen LogP contribution < -0.4 is 5.32 Å². The molecule has 0 aliphatic heterocycles. The van der Waals surface area contributed by atoms with Gasteiger partial charge in [-0.2, -0.15) is 0 Å². The molecule has 1 atom stereocenters. The van der Waals surface area contributed by atoms with Crippen molar-refractivity contribution < 1.29 is 0 Å². The van der Waals surface area contributed by atoms with Gasteiger partial charge in [0.1, 0.15) is 5.82 Å². The number of nitrogens with zero attached hydrogens (tertiary/aromatic N) is 1. The van der Waals surface area contributed by atoms with Crippen LogP contribution in [0, 0.1) is 5.92 Å². The maximum absolute atomic E-state index is 4.28. The van der Waals surface area contributed by atoms with Crippen LogP contribution in [0.5, 0.6) is 0 Å². The molecule has 1 aliphatic carbocycles. The van der Waals surface area contributed by atoms with Crippen molar-refractivity contribution in [3.63, 3.8) is 0 Å². The molecule has 0 radical (unpaired) electrons. The van der Waals surface area contributed by atoms with E-state index in [1.54, 1.807) is 11.1 Å². The summed E-state index contributed by atoms with van der Waals surface area (Å²) in [5.41, 5.74) is 3.18. The Hall–Kier alpha value is -1.48. The summed E-state index contributed by atoms with van der Waals surface area (Å²) in [7, 11) is 0. The van der Waals surface area contributed by atoms with Crippen molar-refractivity contribution in [3.05, 3.63) is 53.7 Å². The van der Waals surface area contributed by atoms with Gasteiger partial charge >= 0.3 is 0 Å². The number of rotatable bonds is 7. The maximum atomic E-state index is 4.28. The van der Waals surface area contributed by atoms with Crippen LogP contribution in [0.4, 0.5) is 5.82 Å². The van der Waals surface area contributed by atoms with Crippen molar-refractivity contribution in [2.24, 2.45) is 5.92 Å². The highest BCUT2D eigenvalue weighted by Crippen LogP contribution is 2.30. The third-order valence-electron chi connectivity index (χ3n) is 4.65. The van der Waals surface area contributed by atoms with Gasteiger partial charge in [-0.25, -0.2) is 4.98 Å². The topological polar surface area (TPSA) is 24.9 Å². The molecule has 3 heteroatoms. The molecule has 0 spiro atoms. The standard InChI is InChI=1S/C20H26N2S/c1-2-16-7-8-18-15-19(10-9-17(18)14-16)23-13-5-12-22-20-6-3-4-11-21-20/h3-4,6,9-11,15-16H,2,5,7-8,12-14H2,1H3,(H,21,22). The monoisotopic (exact) mass is 326 g/mol. The van der Waals surface area contributed by atoms with Gasteiger partial charge in [-0.1, -0.05) is 25.5 Å². The summed E-state index contributed by atoms with van der Waals surface area (Å²) in [4.78, 5) is 5.71. The first-order valence-electron chi connectivity index (χ1n) is 8.74. The van der Waals surface area contributed by atoms with Crippen LogP contribution in [0.1, 0.15) is 37.3 Å². The predicted octanol–water partition coefficient (Wildman–Crippen LogP) is 5.19. The molecule has 1 unspecified atom stereocenters. The number of aromatic nitrogens is 1. The van der Waals surface area contributed by atoms with E-state index < -0.39 is 0 Å². The smallest absolute Gasteiger partial charge is 0.125 e. The average molecular weight is 327 g/mol. The lowest BCUT2D eigenvalue weighted by Gasteiger charge is -2.24. The summed E-state index contributed by atoms with van der Waals surface area (Å²) in [5.74, 6) is 3.02. The highest BCUT2D eigenvalue weighted by molar-refractivity contribution is 7.99. The van der Waals surface area contributed by atoms with Crippen LogP contribution in [0.3, 0.4) is 0 Å². The summed E-state index contributed by atoms with van der Waals surface area (Å²) in [5, 5.41) is 3.37. The summed E-state index contributed by atoms with van der Waals surface area (Å²) in [6.45, 7) is 3.30. The highest BCUT2D eigenvalue weighted by Gasteiger charge is 2.17. The fraction of sp³-hybridized carbons (Fsp3) is 0.450. The fourth-order valence-corrected chi connectivity index (χ4v) is 4.11. The number of thioether (sulfide) groups is 1. The quantitative estimate of drug-likeness (QED) is 0.560. The van der Waals surface area contributed by atoms with Crippen molar-refractivity contribution in [1.29, 1.82) is 0 Å². The van der Waals surface area contributed by atoms with Gasteiger partial charge in [-0.3, -0.25) is 0 Å². The zero-order valence-electron chi connectivity index (χ0n) is 13.9. The van der Waals surface area contributed by atoms with Crippen molar-refractivity contribution in [2.45, 2.75) is 43.9 Å². The number of hydrogen-bond donors (Lipinski definition) is 1. The second kappa shape index (κ2) is 8.39. The SMILES string of the molecule is CCC1CCc2cc(SCCCNc3ccccn3)ccc2C1. The van der Waals surface area contributed by atoms with E-state index in [1.165, 1.54) is 30.6 Å². The zero-order valence-corrected chi connectivity index (χ0v) is 14.7. The molecule has 1 aromatic carbocycles. The van der Waals surface area contributed by atoms with E-state index in [0.29, 0.717) is 0 Å². The van der Waals surface area contributed by atoms with Gasteiger partial charge in [0, 0.05) is 17.6 Å². The molecular formula is C20H26N2S. The number of hydrogen-bond acceptors (Lipinski definition) is 3. The second-order valence-electron chi connectivity index (χ2n) is 6.29. The minimum absolute atomic E-state index is 0.902. The minimum atomic E-state index is 0.902. The lowest BCUT2D eigenvalue weighted by atomic mass is 9.83. The predicted molar refractivity (Wildman–Crippen MR) is 100 cm³/mol. The number of aryl methyl sites for hydroxylation is 1. The molecular weight excluding hydrogens is 300 g/mol. The highest BCUT2D eigenvalue weighted by atomic mass is 32.2.